The third kappa shape index (κ3) is 35.5. The summed E-state index contributed by atoms with van der Waals surface area (Å²) in [5.41, 5.74) is 7.92. The molecule has 0 radical (unpaired) electrons. The summed E-state index contributed by atoms with van der Waals surface area (Å²) in [6.45, 7) is 46.5. The summed E-state index contributed by atoms with van der Waals surface area (Å²) in [6.07, 6.45) is 16.7. The third-order valence-corrected chi connectivity index (χ3v) is 26.0. The number of aryl methyl sites for hydroxylation is 3. The number of unbranched alkanes of at least 4 members (excludes halogenated alkanes) is 8. The fourth-order valence-corrected chi connectivity index (χ4v) is 16.5. The van der Waals surface area contributed by atoms with Crippen LogP contribution in [0.1, 0.15) is 323 Å². The first-order valence-electron chi connectivity index (χ1n) is 45.1. The first-order valence-corrected chi connectivity index (χ1v) is 45.1. The standard InChI is InChI=1S/C98H156N3O14/c1-16-99(17-2,18-3)63-37-31-46-84(102)57-66-110-69-72-113-94-75-83(76-95(114-73-70-111-67-58-85(103)47-32-38-64-100(19-4,20-5)21-6)97(94)115-74-71-112-68-59-86(104)48-33-39-65-101(22-7,23-8)24-9)90(105)52-26-25-27-56-96(109)98(60-34-28-53-91(106)87-49-40-43-77(10)80(87)13,61-35-29-54-92(107)88-50-41-44-78(11)81(88)14)62-36-30-55-93(108)89-51-42-45-79(12)82(89)15/h40-45,49-51,75-76H,16-39,46-48,52-74H2,1-15H3/q+3. The predicted molar refractivity (Wildman–Crippen MR) is 467 cm³/mol. The van der Waals surface area contributed by atoms with Gasteiger partial charge in [-0.3, -0.25) is 38.4 Å². The van der Waals surface area contributed by atoms with E-state index in [0.717, 1.165) is 181 Å². The second-order valence-electron chi connectivity index (χ2n) is 32.8. The Balaban J connectivity index is 1.59. The average molecular weight is 1600 g/mol. The first kappa shape index (κ1) is 101. The van der Waals surface area contributed by atoms with Gasteiger partial charge in [0.25, 0.3) is 0 Å². The van der Waals surface area contributed by atoms with Crippen molar-refractivity contribution in [1.29, 1.82) is 0 Å². The number of carbonyl (C=O) groups excluding carboxylic acids is 8. The molecule has 17 heteroatoms. The maximum Gasteiger partial charge on any atom is 0.203 e. The number of quaternary nitrogens is 3. The van der Waals surface area contributed by atoms with Gasteiger partial charge in [0.1, 0.15) is 43.0 Å². The van der Waals surface area contributed by atoms with Crippen LogP contribution in [0.5, 0.6) is 17.2 Å². The lowest BCUT2D eigenvalue weighted by atomic mass is 9.69. The van der Waals surface area contributed by atoms with Gasteiger partial charge in [0.05, 0.1) is 118 Å². The lowest BCUT2D eigenvalue weighted by Gasteiger charge is -2.35. The van der Waals surface area contributed by atoms with E-state index in [-0.39, 0.29) is 129 Å². The lowest BCUT2D eigenvalue weighted by molar-refractivity contribution is -0.923. The van der Waals surface area contributed by atoms with Crippen molar-refractivity contribution in [3.05, 3.63) is 122 Å². The Labute approximate surface area is 695 Å². The highest BCUT2D eigenvalue weighted by atomic mass is 16.6. The van der Waals surface area contributed by atoms with Crippen LogP contribution in [0.25, 0.3) is 0 Å². The third-order valence-electron chi connectivity index (χ3n) is 26.0. The molecule has 17 nitrogen and oxygen atoms in total. The van der Waals surface area contributed by atoms with E-state index in [2.05, 4.69) is 62.3 Å². The second kappa shape index (κ2) is 56.0. The van der Waals surface area contributed by atoms with Crippen LogP contribution in [0, 0.1) is 47.0 Å². The Bertz CT molecular complexity index is 3290. The van der Waals surface area contributed by atoms with Crippen molar-refractivity contribution in [2.75, 3.05) is 138 Å². The van der Waals surface area contributed by atoms with Crippen LogP contribution >= 0.6 is 0 Å². The van der Waals surface area contributed by atoms with Crippen LogP contribution in [0.2, 0.25) is 0 Å². The van der Waals surface area contributed by atoms with E-state index < -0.39 is 5.41 Å². The van der Waals surface area contributed by atoms with E-state index in [0.29, 0.717) is 147 Å². The van der Waals surface area contributed by atoms with E-state index in [9.17, 15) is 33.6 Å². The molecule has 0 amide bonds. The van der Waals surface area contributed by atoms with Crippen LogP contribution in [0.15, 0.2) is 66.7 Å². The maximum absolute atomic E-state index is 15.4. The second-order valence-corrected chi connectivity index (χ2v) is 32.8. The fraction of sp³-hybridized carbons (Fsp3) is 0.673. The van der Waals surface area contributed by atoms with Crippen molar-refractivity contribution in [1.82, 2.24) is 0 Å². The predicted octanol–water partition coefficient (Wildman–Crippen LogP) is 20.8. The molecule has 4 aromatic carbocycles. The molecule has 0 unspecified atom stereocenters. The number of rotatable bonds is 71. The molecular formula is C98H156N3O14+3. The van der Waals surface area contributed by atoms with Crippen LogP contribution in [-0.2, 0) is 33.4 Å². The molecule has 4 aromatic rings. The molecule has 0 saturated heterocycles. The normalized spacial score (nSPS) is 12.0. The summed E-state index contributed by atoms with van der Waals surface area (Å²) in [5, 5.41) is 0. The summed E-state index contributed by atoms with van der Waals surface area (Å²) in [7, 11) is 0. The van der Waals surface area contributed by atoms with Gasteiger partial charge in [-0.05, 0) is 239 Å². The van der Waals surface area contributed by atoms with Gasteiger partial charge in [-0.2, -0.15) is 0 Å². The average Bonchev–Trinajstić information content (AvgIpc) is 0.816. The van der Waals surface area contributed by atoms with E-state index >= 15 is 4.79 Å². The minimum absolute atomic E-state index is 0.0742. The van der Waals surface area contributed by atoms with Gasteiger partial charge in [0.15, 0.2) is 34.6 Å². The van der Waals surface area contributed by atoms with Crippen LogP contribution in [-0.4, -0.2) is 198 Å². The highest BCUT2D eigenvalue weighted by molar-refractivity contribution is 5.99. The molecule has 0 bridgehead atoms. The zero-order valence-corrected chi connectivity index (χ0v) is 74.8. The van der Waals surface area contributed by atoms with Crippen LogP contribution in [0.4, 0.5) is 0 Å². The molecule has 0 aliphatic carbocycles. The molecule has 644 valence electrons. The zero-order valence-electron chi connectivity index (χ0n) is 74.8. The molecule has 0 heterocycles. The monoisotopic (exact) mass is 1600 g/mol. The summed E-state index contributed by atoms with van der Waals surface area (Å²) in [4.78, 5) is 111. The summed E-state index contributed by atoms with van der Waals surface area (Å²) >= 11 is 0. The van der Waals surface area contributed by atoms with Gasteiger partial charge in [0.2, 0.25) is 5.75 Å². The number of nitrogens with zero attached hydrogens (tertiary/aromatic N) is 3. The number of benzene rings is 4. The van der Waals surface area contributed by atoms with Crippen molar-refractivity contribution in [3.8, 4) is 17.2 Å². The highest BCUT2D eigenvalue weighted by Crippen LogP contribution is 2.42. The Morgan fingerprint density at radius 2 is 0.583 bits per heavy atom. The number of carbonyl (C=O) groups is 8. The molecule has 0 atom stereocenters. The zero-order chi connectivity index (χ0) is 84.5. The van der Waals surface area contributed by atoms with E-state index in [1.807, 2.05) is 96.1 Å². The van der Waals surface area contributed by atoms with Gasteiger partial charge >= 0.3 is 0 Å². The molecule has 0 aliphatic heterocycles. The SMILES string of the molecule is CC[N+](CC)(CC)CCCCC(=O)CCOCCOc1cc(C(=O)CCCCCC(=O)C(CCCCC(=O)c2cccc(C)c2C)(CCCCC(=O)c2cccc(C)c2C)CCCCC(=O)c2cccc(C)c2C)cc(OCCOCCC(=O)CCCC[N+](CC)(CC)CC)c1OCCOCCC(=O)CCCC[N+](CC)(CC)CC. The number of Topliss-reactive ketones (excluding diaryl/α,β-unsaturated/α-hetero) is 8. The van der Waals surface area contributed by atoms with Crippen molar-refractivity contribution in [2.45, 2.75) is 290 Å². The molecule has 0 aliphatic rings. The van der Waals surface area contributed by atoms with Gasteiger partial charge in [-0.15, -0.1) is 0 Å². The van der Waals surface area contributed by atoms with Gasteiger partial charge in [-0.1, -0.05) is 80.3 Å². The van der Waals surface area contributed by atoms with Crippen molar-refractivity contribution in [2.24, 2.45) is 5.41 Å². The Hall–Kier alpha value is -6.60. The number of hydrogen-bond donors (Lipinski definition) is 0. The van der Waals surface area contributed by atoms with Crippen LogP contribution < -0.4 is 14.2 Å². The minimum atomic E-state index is -0.756. The van der Waals surface area contributed by atoms with Gasteiger partial charge < -0.3 is 41.9 Å². The Morgan fingerprint density at radius 3 is 0.904 bits per heavy atom. The number of hydrogen-bond acceptors (Lipinski definition) is 14. The first-order chi connectivity index (χ1) is 55.3. The van der Waals surface area contributed by atoms with Gasteiger partial charge in [-0.25, -0.2) is 0 Å². The van der Waals surface area contributed by atoms with E-state index in [4.69, 9.17) is 28.4 Å². The van der Waals surface area contributed by atoms with Gasteiger partial charge in [0, 0.05) is 98.3 Å². The van der Waals surface area contributed by atoms with Crippen LogP contribution in [0.3, 0.4) is 0 Å². The smallest absolute Gasteiger partial charge is 0.203 e. The largest absolute Gasteiger partial charge is 0.487 e. The molecule has 4 rings (SSSR count). The minimum Gasteiger partial charge on any atom is -0.487 e. The molecule has 0 saturated carbocycles. The molecule has 0 N–H and O–H groups in total. The Kier molecular flexibility index (Phi) is 49.0. The topological polar surface area (TPSA) is 192 Å². The Morgan fingerprint density at radius 1 is 0.296 bits per heavy atom. The summed E-state index contributed by atoms with van der Waals surface area (Å²) in [6, 6.07) is 20.9. The highest BCUT2D eigenvalue weighted by Gasteiger charge is 2.37. The quantitative estimate of drug-likeness (QED) is 0.0230. The maximum atomic E-state index is 15.4. The van der Waals surface area contributed by atoms with Crippen molar-refractivity contribution < 1.29 is 80.2 Å². The summed E-state index contributed by atoms with van der Waals surface area (Å²) < 4.78 is 40.6. The van der Waals surface area contributed by atoms with Crippen molar-refractivity contribution in [3.63, 3.8) is 0 Å². The summed E-state index contributed by atoms with van der Waals surface area (Å²) in [5.74, 6) is 1.53. The fourth-order valence-electron chi connectivity index (χ4n) is 16.5. The van der Waals surface area contributed by atoms with E-state index in [1.165, 1.54) is 0 Å². The van der Waals surface area contributed by atoms with E-state index in [1.54, 1.807) is 12.1 Å². The lowest BCUT2D eigenvalue weighted by Crippen LogP contribution is -2.48. The number of ether oxygens (including phenoxy) is 6. The molecule has 115 heavy (non-hydrogen) atoms. The molecule has 0 fully saturated rings. The molecule has 0 spiro atoms. The molecular weight excluding hydrogens is 1440 g/mol. The van der Waals surface area contributed by atoms with Crippen molar-refractivity contribution >= 4 is 46.3 Å². The molecule has 0 aromatic heterocycles. The number of ketones is 8.